The van der Waals surface area contributed by atoms with E-state index >= 15 is 0 Å². The number of nitrogens with zero attached hydrogens (tertiary/aromatic N) is 1. The van der Waals surface area contributed by atoms with Gasteiger partial charge in [-0.15, -0.1) is 0 Å². The van der Waals surface area contributed by atoms with E-state index in [-0.39, 0.29) is 24.2 Å². The number of benzene rings is 1. The number of hydrogen-bond acceptors (Lipinski definition) is 9. The quantitative estimate of drug-likeness (QED) is 0.340. The Morgan fingerprint density at radius 1 is 1.19 bits per heavy atom. The van der Waals surface area contributed by atoms with E-state index in [0.29, 0.717) is 17.9 Å². The largest absolute Gasteiger partial charge is 0.496 e. The molecule has 3 aliphatic heterocycles. The van der Waals surface area contributed by atoms with Gasteiger partial charge in [0.1, 0.15) is 29.7 Å². The number of nitrogens with one attached hydrogen (secondary N) is 1. The summed E-state index contributed by atoms with van der Waals surface area (Å²) in [5.74, 6) is -0.909. The zero-order valence-electron chi connectivity index (χ0n) is 29.6. The lowest BCUT2D eigenvalue weighted by atomic mass is 9.83. The SMILES string of the molecule is COc1cc2cc(c1C(C)(C)C)N(C)C(=O)C[C@H](OC(=O)C(C)C)[C@]1(C)O[C@H]1[C@H](C)[C@@H]1C[C@@](O)(NC(=O)O1)[C@H](OC)/C=C/C=C(\C)C2. The number of fused-ring (bicyclic) bond motifs is 5. The van der Waals surface area contributed by atoms with Gasteiger partial charge in [-0.1, -0.05) is 65.3 Å². The number of rotatable bonds is 4. The first-order chi connectivity index (χ1) is 21.8. The topological polar surface area (TPSA) is 136 Å². The van der Waals surface area contributed by atoms with Crippen LogP contribution in [0, 0.1) is 11.8 Å². The van der Waals surface area contributed by atoms with Crippen LogP contribution in [0.4, 0.5) is 10.5 Å². The number of esters is 1. The third-order valence-electron chi connectivity index (χ3n) is 9.49. The van der Waals surface area contributed by atoms with Crippen LogP contribution in [0.3, 0.4) is 0 Å². The maximum absolute atomic E-state index is 14.2. The molecule has 0 aliphatic carbocycles. The highest BCUT2D eigenvalue weighted by molar-refractivity contribution is 5.95. The minimum absolute atomic E-state index is 0.0146. The van der Waals surface area contributed by atoms with Gasteiger partial charge < -0.3 is 33.7 Å². The van der Waals surface area contributed by atoms with Crippen molar-refractivity contribution in [3.05, 3.63) is 47.1 Å². The zero-order chi connectivity index (χ0) is 35.1. The molecule has 0 aromatic heterocycles. The van der Waals surface area contributed by atoms with Gasteiger partial charge in [-0.2, -0.15) is 0 Å². The van der Waals surface area contributed by atoms with Gasteiger partial charge in [0.15, 0.2) is 5.72 Å². The van der Waals surface area contributed by atoms with E-state index in [1.54, 1.807) is 52.0 Å². The average molecular weight is 657 g/mol. The molecule has 11 nitrogen and oxygen atoms in total. The van der Waals surface area contributed by atoms with Gasteiger partial charge in [-0.25, -0.2) is 4.79 Å². The zero-order valence-corrected chi connectivity index (χ0v) is 29.6. The standard InChI is InChI=1S/C36H52N2O9/c1-20(2)32(40)46-28-18-29(39)38(9)24-16-23(17-25(43-10)30(24)34(5,6)7)15-21(3)13-12-14-27(44-11)36(42)19-26(45-33(41)37-36)22(4)31-35(28,8)47-31/h12-14,16-17,20,22,26-28,31,42H,15,18-19H2,1-11H3,(H,37,41)/b14-12+,21-13+/t22-,26+,27-,28+,31+,35+,36+/m1/s1. The summed E-state index contributed by atoms with van der Waals surface area (Å²) < 4.78 is 29.4. The van der Waals surface area contributed by atoms with Gasteiger partial charge >= 0.3 is 12.1 Å². The second-order valence-electron chi connectivity index (χ2n) is 14.7. The average Bonchev–Trinajstić information content (AvgIpc) is 3.68. The molecule has 2 N–H and O–H groups in total. The Labute approximate surface area is 278 Å². The van der Waals surface area contributed by atoms with Crippen LogP contribution in [-0.2, 0) is 40.4 Å². The van der Waals surface area contributed by atoms with Crippen LogP contribution < -0.4 is 15.0 Å². The van der Waals surface area contributed by atoms with Crippen LogP contribution in [0.5, 0.6) is 5.75 Å². The Morgan fingerprint density at radius 3 is 2.47 bits per heavy atom. The number of anilines is 1. The van der Waals surface area contributed by atoms with Crippen molar-refractivity contribution < 1.29 is 43.2 Å². The second kappa shape index (κ2) is 13.6. The van der Waals surface area contributed by atoms with Gasteiger partial charge in [0, 0.05) is 32.1 Å². The molecule has 0 saturated carbocycles. The number of aliphatic hydroxyl groups is 1. The lowest BCUT2D eigenvalue weighted by Crippen LogP contribution is -2.63. The molecule has 11 heteroatoms. The van der Waals surface area contributed by atoms with E-state index in [9.17, 15) is 19.5 Å². The lowest BCUT2D eigenvalue weighted by Gasteiger charge is -2.42. The van der Waals surface area contributed by atoms with E-state index in [1.807, 2.05) is 32.1 Å². The molecule has 0 radical (unpaired) electrons. The first-order valence-electron chi connectivity index (χ1n) is 16.3. The van der Waals surface area contributed by atoms with Crippen molar-refractivity contribution >= 4 is 23.7 Å². The third-order valence-corrected chi connectivity index (χ3v) is 9.49. The van der Waals surface area contributed by atoms with Crippen molar-refractivity contribution in [3.63, 3.8) is 0 Å². The number of carbonyl (C=O) groups is 3. The minimum Gasteiger partial charge on any atom is -0.496 e. The van der Waals surface area contributed by atoms with Gasteiger partial charge in [0.05, 0.1) is 31.2 Å². The molecule has 4 rings (SSSR count). The predicted octanol–water partition coefficient (Wildman–Crippen LogP) is 4.97. The number of alkyl carbamates (subject to hydrolysis) is 1. The van der Waals surface area contributed by atoms with E-state index in [1.165, 1.54) is 7.11 Å². The molecule has 2 fully saturated rings. The fraction of sp³-hybridized carbons (Fsp3) is 0.639. The van der Waals surface area contributed by atoms with E-state index in [4.69, 9.17) is 23.7 Å². The van der Waals surface area contributed by atoms with Crippen LogP contribution >= 0.6 is 0 Å². The Morgan fingerprint density at radius 2 is 1.87 bits per heavy atom. The van der Waals surface area contributed by atoms with Gasteiger partial charge in [-0.3, -0.25) is 14.9 Å². The Balaban J connectivity index is 1.86. The Bertz CT molecular complexity index is 1430. The third kappa shape index (κ3) is 7.68. The number of amides is 2. The summed E-state index contributed by atoms with van der Waals surface area (Å²) in [5, 5.41) is 14.2. The van der Waals surface area contributed by atoms with Crippen LogP contribution in [0.1, 0.15) is 79.4 Å². The van der Waals surface area contributed by atoms with Crippen LogP contribution in [0.25, 0.3) is 0 Å². The second-order valence-corrected chi connectivity index (χ2v) is 14.7. The summed E-state index contributed by atoms with van der Waals surface area (Å²) >= 11 is 0. The lowest BCUT2D eigenvalue weighted by molar-refractivity contribution is -0.157. The summed E-state index contributed by atoms with van der Waals surface area (Å²) in [6, 6.07) is 3.99. The summed E-state index contributed by atoms with van der Waals surface area (Å²) in [6.07, 6.45) is 1.94. The highest BCUT2D eigenvalue weighted by Crippen LogP contribution is 2.49. The molecule has 2 amide bonds. The Hall–Kier alpha value is -3.41. The number of ether oxygens (including phenoxy) is 5. The fourth-order valence-electron chi connectivity index (χ4n) is 6.69. The monoisotopic (exact) mass is 656 g/mol. The number of allylic oxidation sites excluding steroid dienone is 3. The fourth-order valence-corrected chi connectivity index (χ4v) is 6.69. The van der Waals surface area contributed by atoms with Crippen molar-refractivity contribution in [1.29, 1.82) is 0 Å². The van der Waals surface area contributed by atoms with Crippen molar-refractivity contribution in [3.8, 4) is 5.75 Å². The summed E-state index contributed by atoms with van der Waals surface area (Å²) in [6.45, 7) is 15.3. The molecule has 0 unspecified atom stereocenters. The van der Waals surface area contributed by atoms with Crippen molar-refractivity contribution in [1.82, 2.24) is 5.32 Å². The van der Waals surface area contributed by atoms with Crippen molar-refractivity contribution in [2.45, 2.75) is 116 Å². The van der Waals surface area contributed by atoms with Gasteiger partial charge in [0.25, 0.3) is 0 Å². The smallest absolute Gasteiger partial charge is 0.409 e. The van der Waals surface area contributed by atoms with Gasteiger partial charge in [0.2, 0.25) is 5.91 Å². The molecular weight excluding hydrogens is 604 g/mol. The molecule has 260 valence electrons. The molecule has 7 atom stereocenters. The summed E-state index contributed by atoms with van der Waals surface area (Å²) in [4.78, 5) is 41.5. The van der Waals surface area contributed by atoms with Crippen LogP contribution in [0.15, 0.2) is 35.9 Å². The first kappa shape index (κ1) is 36.4. The molecule has 0 spiro atoms. The summed E-state index contributed by atoms with van der Waals surface area (Å²) in [7, 11) is 4.81. The molecular formula is C36H52N2O9. The van der Waals surface area contributed by atoms with Crippen molar-refractivity contribution in [2.24, 2.45) is 11.8 Å². The number of hydrogen-bond donors (Lipinski definition) is 2. The number of epoxide rings is 1. The molecule has 3 aliphatic rings. The normalized spacial score (nSPS) is 33.6. The van der Waals surface area contributed by atoms with Crippen LogP contribution in [-0.4, -0.2) is 80.1 Å². The minimum atomic E-state index is -1.76. The Kier molecular flexibility index (Phi) is 10.5. The van der Waals surface area contributed by atoms with E-state index in [2.05, 4.69) is 26.1 Å². The molecule has 4 bridgehead atoms. The highest BCUT2D eigenvalue weighted by atomic mass is 16.7. The maximum Gasteiger partial charge on any atom is 0.409 e. The highest BCUT2D eigenvalue weighted by Gasteiger charge is 2.64. The van der Waals surface area contributed by atoms with E-state index < -0.39 is 59.6 Å². The van der Waals surface area contributed by atoms with Crippen molar-refractivity contribution in [2.75, 3.05) is 26.2 Å². The molecule has 2 saturated heterocycles. The first-order valence-corrected chi connectivity index (χ1v) is 16.3. The maximum atomic E-state index is 14.2. The van der Waals surface area contributed by atoms with Crippen LogP contribution in [0.2, 0.25) is 0 Å². The predicted molar refractivity (Wildman–Crippen MR) is 177 cm³/mol. The molecule has 1 aromatic rings. The molecule has 47 heavy (non-hydrogen) atoms. The van der Waals surface area contributed by atoms with Gasteiger partial charge in [-0.05, 0) is 43.4 Å². The summed E-state index contributed by atoms with van der Waals surface area (Å²) in [5.41, 5.74) is 0.327. The van der Waals surface area contributed by atoms with E-state index in [0.717, 1.165) is 16.7 Å². The molecule has 3 heterocycles. The number of methoxy groups -OCH3 is 2. The number of carbonyl (C=O) groups excluding carboxylic acids is 3. The molecule has 1 aromatic carbocycles.